The molecule has 0 radical (unpaired) electrons. The van der Waals surface area contributed by atoms with E-state index in [2.05, 4.69) is 37.4 Å². The Morgan fingerprint density at radius 3 is 2.67 bits per heavy atom. The largest absolute Gasteiger partial charge is 0.481 e. The summed E-state index contributed by atoms with van der Waals surface area (Å²) in [5.41, 5.74) is 3.49. The summed E-state index contributed by atoms with van der Waals surface area (Å²) < 4.78 is 0. The third-order valence-electron chi connectivity index (χ3n) is 3.84. The predicted molar refractivity (Wildman–Crippen MR) is 71.8 cm³/mol. The molecule has 0 saturated heterocycles. The summed E-state index contributed by atoms with van der Waals surface area (Å²) in [4.78, 5) is 11.0. The molecule has 1 fully saturated rings. The molecule has 0 atom stereocenters. The highest BCUT2D eigenvalue weighted by Gasteiger charge is 2.49. The lowest BCUT2D eigenvalue weighted by Gasteiger charge is -2.12. The fourth-order valence-corrected chi connectivity index (χ4v) is 2.29. The second-order valence-electron chi connectivity index (χ2n) is 5.44. The van der Waals surface area contributed by atoms with Gasteiger partial charge in [0.25, 0.3) is 0 Å². The molecule has 98 valence electrons. The first kappa shape index (κ1) is 13.1. The summed E-state index contributed by atoms with van der Waals surface area (Å²) in [5, 5.41) is 12.3. The first-order valence-electron chi connectivity index (χ1n) is 6.54. The topological polar surface area (TPSA) is 49.3 Å². The zero-order valence-corrected chi connectivity index (χ0v) is 11.1. The minimum absolute atomic E-state index is 0.456. The second-order valence-corrected chi connectivity index (χ2v) is 5.44. The summed E-state index contributed by atoms with van der Waals surface area (Å²) in [6.07, 6.45) is 2.60. The smallest absolute Gasteiger partial charge is 0.310 e. The van der Waals surface area contributed by atoms with Gasteiger partial charge < -0.3 is 10.4 Å². The van der Waals surface area contributed by atoms with Gasteiger partial charge in [-0.2, -0.15) is 0 Å². The Labute approximate surface area is 108 Å². The maximum Gasteiger partial charge on any atom is 0.310 e. The molecule has 0 spiro atoms. The van der Waals surface area contributed by atoms with Gasteiger partial charge in [-0.05, 0) is 50.8 Å². The molecule has 1 aliphatic rings. The van der Waals surface area contributed by atoms with E-state index >= 15 is 0 Å². The van der Waals surface area contributed by atoms with Gasteiger partial charge in [-0.3, -0.25) is 4.79 Å². The van der Waals surface area contributed by atoms with E-state index in [1.807, 2.05) is 0 Å². The highest BCUT2D eigenvalue weighted by atomic mass is 16.4. The molecular formula is C15H21NO2. The van der Waals surface area contributed by atoms with Gasteiger partial charge in [0.1, 0.15) is 0 Å². The molecule has 0 heterocycles. The standard InChI is InChI=1S/C15H21NO2/c1-11-3-4-13(12(2)9-11)5-8-16-10-15(6-7-15)14(17)18/h3-4,9,16H,5-8,10H2,1-2H3,(H,17,18). The van der Waals surface area contributed by atoms with Crippen LogP contribution < -0.4 is 5.32 Å². The van der Waals surface area contributed by atoms with Crippen LogP contribution >= 0.6 is 0 Å². The van der Waals surface area contributed by atoms with Crippen molar-refractivity contribution in [3.05, 3.63) is 34.9 Å². The van der Waals surface area contributed by atoms with Crippen LogP contribution in [0.2, 0.25) is 0 Å². The van der Waals surface area contributed by atoms with Gasteiger partial charge in [0.15, 0.2) is 0 Å². The fraction of sp³-hybridized carbons (Fsp3) is 0.533. The van der Waals surface area contributed by atoms with Gasteiger partial charge in [0.2, 0.25) is 0 Å². The van der Waals surface area contributed by atoms with Crippen LogP contribution in [0, 0.1) is 19.3 Å². The molecule has 1 aliphatic carbocycles. The fourth-order valence-electron chi connectivity index (χ4n) is 2.29. The summed E-state index contributed by atoms with van der Waals surface area (Å²) in [6, 6.07) is 6.48. The van der Waals surface area contributed by atoms with Crippen molar-refractivity contribution in [3.63, 3.8) is 0 Å². The molecule has 18 heavy (non-hydrogen) atoms. The molecule has 0 unspecified atom stereocenters. The zero-order valence-electron chi connectivity index (χ0n) is 11.1. The molecule has 3 nitrogen and oxygen atoms in total. The Balaban J connectivity index is 1.77. The van der Waals surface area contributed by atoms with Crippen LogP contribution in [0.25, 0.3) is 0 Å². The normalized spacial score (nSPS) is 16.6. The van der Waals surface area contributed by atoms with E-state index in [4.69, 9.17) is 5.11 Å². The van der Waals surface area contributed by atoms with Gasteiger partial charge in [0, 0.05) is 6.54 Å². The zero-order chi connectivity index (χ0) is 13.2. The summed E-state index contributed by atoms with van der Waals surface area (Å²) >= 11 is 0. The van der Waals surface area contributed by atoms with Crippen molar-refractivity contribution in [2.75, 3.05) is 13.1 Å². The lowest BCUT2D eigenvalue weighted by Crippen LogP contribution is -2.31. The number of hydrogen-bond donors (Lipinski definition) is 2. The first-order valence-corrected chi connectivity index (χ1v) is 6.54. The maximum atomic E-state index is 11.0. The van der Waals surface area contributed by atoms with Gasteiger partial charge >= 0.3 is 5.97 Å². The molecule has 0 aromatic heterocycles. The van der Waals surface area contributed by atoms with Gasteiger partial charge in [-0.15, -0.1) is 0 Å². The average Bonchev–Trinajstić information content (AvgIpc) is 3.08. The van der Waals surface area contributed by atoms with Crippen LogP contribution in [0.5, 0.6) is 0 Å². The molecule has 0 amide bonds. The Hall–Kier alpha value is -1.35. The Morgan fingerprint density at radius 1 is 1.39 bits per heavy atom. The summed E-state index contributed by atoms with van der Waals surface area (Å²) in [6.45, 7) is 5.67. The van der Waals surface area contributed by atoms with Crippen molar-refractivity contribution in [1.29, 1.82) is 0 Å². The number of carboxylic acids is 1. The number of benzene rings is 1. The number of aliphatic carboxylic acids is 1. The third kappa shape index (κ3) is 2.91. The van der Waals surface area contributed by atoms with E-state index < -0.39 is 11.4 Å². The number of rotatable bonds is 6. The molecule has 3 heteroatoms. The number of carboxylic acid groups (broad SMARTS) is 1. The molecule has 1 aromatic carbocycles. The van der Waals surface area contributed by atoms with E-state index in [-0.39, 0.29) is 0 Å². The van der Waals surface area contributed by atoms with Crippen molar-refractivity contribution in [1.82, 2.24) is 5.32 Å². The molecule has 1 aromatic rings. The number of carbonyl (C=O) groups is 1. The molecular weight excluding hydrogens is 226 g/mol. The lowest BCUT2D eigenvalue weighted by molar-refractivity contribution is -0.143. The minimum Gasteiger partial charge on any atom is -0.481 e. The Kier molecular flexibility index (Phi) is 3.71. The molecule has 2 rings (SSSR count). The van der Waals surface area contributed by atoms with E-state index in [1.165, 1.54) is 16.7 Å². The summed E-state index contributed by atoms with van der Waals surface area (Å²) in [5.74, 6) is -0.651. The molecule has 0 bridgehead atoms. The molecule has 1 saturated carbocycles. The monoisotopic (exact) mass is 247 g/mol. The predicted octanol–water partition coefficient (Wildman–Crippen LogP) is 2.30. The Bertz CT molecular complexity index is 450. The van der Waals surface area contributed by atoms with E-state index in [0.29, 0.717) is 6.54 Å². The van der Waals surface area contributed by atoms with Crippen LogP contribution in [0.15, 0.2) is 18.2 Å². The van der Waals surface area contributed by atoms with Crippen molar-refractivity contribution in [3.8, 4) is 0 Å². The van der Waals surface area contributed by atoms with Crippen molar-refractivity contribution in [2.24, 2.45) is 5.41 Å². The number of aryl methyl sites for hydroxylation is 2. The van der Waals surface area contributed by atoms with Crippen LogP contribution in [0.1, 0.15) is 29.5 Å². The van der Waals surface area contributed by atoms with Crippen LogP contribution in [0.4, 0.5) is 0 Å². The maximum absolute atomic E-state index is 11.0. The highest BCUT2D eigenvalue weighted by molar-refractivity contribution is 5.78. The van der Waals surface area contributed by atoms with Crippen LogP contribution in [0.3, 0.4) is 0 Å². The lowest BCUT2D eigenvalue weighted by atomic mass is 10.0. The summed E-state index contributed by atoms with van der Waals surface area (Å²) in [7, 11) is 0. The van der Waals surface area contributed by atoms with E-state index in [0.717, 1.165) is 25.8 Å². The van der Waals surface area contributed by atoms with E-state index in [9.17, 15) is 4.79 Å². The van der Waals surface area contributed by atoms with E-state index in [1.54, 1.807) is 0 Å². The molecule has 2 N–H and O–H groups in total. The minimum atomic E-state index is -0.651. The van der Waals surface area contributed by atoms with Crippen LogP contribution in [-0.4, -0.2) is 24.2 Å². The van der Waals surface area contributed by atoms with Gasteiger partial charge in [-0.1, -0.05) is 23.8 Å². The van der Waals surface area contributed by atoms with Gasteiger partial charge in [0.05, 0.1) is 5.41 Å². The second kappa shape index (κ2) is 5.11. The highest BCUT2D eigenvalue weighted by Crippen LogP contribution is 2.45. The average molecular weight is 247 g/mol. The third-order valence-corrected chi connectivity index (χ3v) is 3.84. The quantitative estimate of drug-likeness (QED) is 0.758. The van der Waals surface area contributed by atoms with Crippen molar-refractivity contribution < 1.29 is 9.90 Å². The molecule has 0 aliphatic heterocycles. The van der Waals surface area contributed by atoms with Crippen molar-refractivity contribution in [2.45, 2.75) is 33.1 Å². The SMILES string of the molecule is Cc1ccc(CCNCC2(C(=O)O)CC2)c(C)c1. The van der Waals surface area contributed by atoms with Crippen molar-refractivity contribution >= 4 is 5.97 Å². The first-order chi connectivity index (χ1) is 8.53. The number of nitrogens with one attached hydrogen (secondary N) is 1. The Morgan fingerprint density at radius 2 is 2.11 bits per heavy atom. The number of hydrogen-bond acceptors (Lipinski definition) is 2. The van der Waals surface area contributed by atoms with Gasteiger partial charge in [-0.25, -0.2) is 0 Å². The van der Waals surface area contributed by atoms with Crippen LogP contribution in [-0.2, 0) is 11.2 Å².